The second kappa shape index (κ2) is 10.3. The molecule has 4 atom stereocenters. The second-order valence-corrected chi connectivity index (χ2v) is 11.3. The molecule has 0 radical (unpaired) electrons. The van der Waals surface area contributed by atoms with Gasteiger partial charge in [0.25, 0.3) is 0 Å². The molecule has 0 saturated heterocycles. The Morgan fingerprint density at radius 3 is 3.03 bits per heavy atom. The summed E-state index contributed by atoms with van der Waals surface area (Å²) >= 11 is 1.52. The minimum absolute atomic E-state index is 0.0760. The van der Waals surface area contributed by atoms with Gasteiger partial charge in [0.05, 0.1) is 12.6 Å². The molecular weight excluding hydrogens is 486 g/mol. The van der Waals surface area contributed by atoms with Gasteiger partial charge in [-0.25, -0.2) is 15.1 Å². The van der Waals surface area contributed by atoms with E-state index in [1.807, 2.05) is 0 Å². The topological polar surface area (TPSA) is 139 Å². The lowest BCUT2D eigenvalue weighted by Crippen LogP contribution is -2.30. The van der Waals surface area contributed by atoms with Crippen molar-refractivity contribution >= 4 is 27.5 Å². The van der Waals surface area contributed by atoms with Crippen molar-refractivity contribution in [3.05, 3.63) is 75.4 Å². The first kappa shape index (κ1) is 24.3. The molecule has 3 heterocycles. The number of aromatic nitrogens is 2. The fourth-order valence-corrected chi connectivity index (χ4v) is 6.34. The van der Waals surface area contributed by atoms with E-state index in [-0.39, 0.29) is 24.6 Å². The summed E-state index contributed by atoms with van der Waals surface area (Å²) in [4.78, 5) is 9.36. The van der Waals surface area contributed by atoms with E-state index >= 15 is 0 Å². The van der Waals surface area contributed by atoms with Crippen LogP contribution in [0.3, 0.4) is 0 Å². The van der Waals surface area contributed by atoms with Gasteiger partial charge in [-0.05, 0) is 59.7 Å². The van der Waals surface area contributed by atoms with Crippen molar-refractivity contribution in [2.45, 2.75) is 43.9 Å². The highest BCUT2D eigenvalue weighted by Crippen LogP contribution is 2.37. The first-order valence-corrected chi connectivity index (χ1v) is 14.0. The van der Waals surface area contributed by atoms with Crippen molar-refractivity contribution in [2.75, 3.05) is 18.5 Å². The quantitative estimate of drug-likeness (QED) is 0.359. The highest BCUT2D eigenvalue weighted by Gasteiger charge is 2.28. The molecule has 1 aliphatic heterocycles. The average Bonchev–Trinajstić information content (AvgIpc) is 3.52. The van der Waals surface area contributed by atoms with Crippen LogP contribution in [-0.2, 0) is 20.9 Å². The minimum atomic E-state index is -3.94. The number of nitrogens with zero attached hydrogens (tertiary/aromatic N) is 2. The monoisotopic (exact) mass is 515 g/mol. The van der Waals surface area contributed by atoms with Crippen LogP contribution in [0.15, 0.2) is 48.2 Å². The molecule has 35 heavy (non-hydrogen) atoms. The van der Waals surface area contributed by atoms with E-state index in [0.29, 0.717) is 11.4 Å². The Morgan fingerprint density at radius 2 is 2.17 bits per heavy atom. The lowest BCUT2D eigenvalue weighted by Gasteiger charge is -2.26. The van der Waals surface area contributed by atoms with Gasteiger partial charge in [-0.15, -0.1) is 11.3 Å². The summed E-state index contributed by atoms with van der Waals surface area (Å²) in [5.74, 6) is 0.674. The van der Waals surface area contributed by atoms with Crippen LogP contribution in [0.5, 0.6) is 0 Å². The van der Waals surface area contributed by atoms with Crippen LogP contribution in [0.2, 0.25) is 0 Å². The van der Waals surface area contributed by atoms with Crippen molar-refractivity contribution in [1.82, 2.24) is 15.3 Å². The fraction of sp³-hybridized carbons (Fsp3) is 0.417. The predicted molar refractivity (Wildman–Crippen MR) is 134 cm³/mol. The molecule has 5 rings (SSSR count). The number of nitrogens with one attached hydrogen (secondary N) is 2. The van der Waals surface area contributed by atoms with Crippen molar-refractivity contribution in [3.8, 4) is 0 Å². The maximum atomic E-state index is 11.2. The summed E-state index contributed by atoms with van der Waals surface area (Å²) in [5.41, 5.74) is 4.39. The lowest BCUT2D eigenvalue weighted by molar-refractivity contribution is 0.223. The van der Waals surface area contributed by atoms with Crippen LogP contribution in [0.1, 0.15) is 58.5 Å². The normalized spacial score (nSPS) is 23.1. The Kier molecular flexibility index (Phi) is 7.14. The van der Waals surface area contributed by atoms with Crippen LogP contribution in [-0.4, -0.2) is 42.7 Å². The van der Waals surface area contributed by atoms with Crippen LogP contribution in [0.25, 0.3) is 0 Å². The van der Waals surface area contributed by atoms with E-state index in [4.69, 9.17) is 9.32 Å². The molecule has 11 heteroatoms. The van der Waals surface area contributed by atoms with Crippen LogP contribution in [0, 0.1) is 5.92 Å². The van der Waals surface area contributed by atoms with E-state index in [1.54, 1.807) is 6.20 Å². The number of thiophene rings is 1. The summed E-state index contributed by atoms with van der Waals surface area (Å²) in [5, 5.41) is 25.3. The average molecular weight is 516 g/mol. The number of hydrogen-bond donors (Lipinski definition) is 4. The SMILES string of the molecule is NS(=O)(=O)OC[C@@H]1CC[C@H](Nc2ncncc2C(O)c2cc(C3NCCc4ccccc43)cs2)C1. The summed E-state index contributed by atoms with van der Waals surface area (Å²) in [7, 11) is -3.94. The molecule has 2 aromatic heterocycles. The number of nitrogens with two attached hydrogens (primary N) is 1. The molecule has 186 valence electrons. The third-order valence-corrected chi connectivity index (χ3v) is 8.20. The lowest BCUT2D eigenvalue weighted by atomic mass is 9.91. The number of benzene rings is 1. The van der Waals surface area contributed by atoms with E-state index in [1.165, 1.54) is 28.8 Å². The Bertz CT molecular complexity index is 1280. The van der Waals surface area contributed by atoms with Gasteiger partial charge >= 0.3 is 10.3 Å². The highest BCUT2D eigenvalue weighted by molar-refractivity contribution is 7.84. The van der Waals surface area contributed by atoms with E-state index < -0.39 is 16.4 Å². The number of aliphatic hydroxyl groups excluding tert-OH is 1. The fourth-order valence-electron chi connectivity index (χ4n) is 5.02. The molecule has 3 aromatic rings. The Morgan fingerprint density at radius 1 is 1.31 bits per heavy atom. The minimum Gasteiger partial charge on any atom is -0.383 e. The molecule has 5 N–H and O–H groups in total. The van der Waals surface area contributed by atoms with E-state index in [2.05, 4.69) is 56.3 Å². The highest BCUT2D eigenvalue weighted by atomic mass is 32.2. The van der Waals surface area contributed by atoms with Gasteiger partial charge in [0.15, 0.2) is 0 Å². The zero-order valence-corrected chi connectivity index (χ0v) is 20.8. The molecule has 1 saturated carbocycles. The van der Waals surface area contributed by atoms with Gasteiger partial charge in [-0.1, -0.05) is 24.3 Å². The first-order chi connectivity index (χ1) is 16.9. The second-order valence-electron chi connectivity index (χ2n) is 9.15. The molecule has 9 nitrogen and oxygen atoms in total. The number of hydrogen-bond acceptors (Lipinski definition) is 9. The third kappa shape index (κ3) is 5.71. The summed E-state index contributed by atoms with van der Waals surface area (Å²) in [6.07, 6.45) is 5.64. The van der Waals surface area contributed by atoms with Gasteiger partial charge in [0.1, 0.15) is 18.2 Å². The Balaban J connectivity index is 1.29. The van der Waals surface area contributed by atoms with E-state index in [0.717, 1.165) is 42.7 Å². The van der Waals surface area contributed by atoms with Gasteiger partial charge in [-0.3, -0.25) is 4.18 Å². The predicted octanol–water partition coefficient (Wildman–Crippen LogP) is 2.66. The Hall–Kier alpha value is -2.41. The molecule has 1 aliphatic carbocycles. The number of rotatable bonds is 8. The van der Waals surface area contributed by atoms with Gasteiger partial charge in [0.2, 0.25) is 0 Å². The van der Waals surface area contributed by atoms with E-state index in [9.17, 15) is 13.5 Å². The summed E-state index contributed by atoms with van der Waals surface area (Å²) < 4.78 is 26.9. The molecule has 0 spiro atoms. The zero-order valence-electron chi connectivity index (χ0n) is 19.1. The van der Waals surface area contributed by atoms with Gasteiger partial charge in [0, 0.05) is 29.2 Å². The van der Waals surface area contributed by atoms with Crippen LogP contribution < -0.4 is 15.8 Å². The Labute approximate surface area is 209 Å². The molecule has 0 amide bonds. The largest absolute Gasteiger partial charge is 0.383 e. The van der Waals surface area contributed by atoms with Gasteiger partial charge < -0.3 is 15.7 Å². The number of fused-ring (bicyclic) bond motifs is 1. The third-order valence-electron chi connectivity index (χ3n) is 6.74. The van der Waals surface area contributed by atoms with Crippen molar-refractivity contribution in [1.29, 1.82) is 0 Å². The summed E-state index contributed by atoms with van der Waals surface area (Å²) in [6.45, 7) is 0.993. The molecule has 0 bridgehead atoms. The molecule has 1 fully saturated rings. The first-order valence-electron chi connectivity index (χ1n) is 11.7. The number of anilines is 1. The maximum absolute atomic E-state index is 11.2. The summed E-state index contributed by atoms with van der Waals surface area (Å²) in [6, 6.07) is 10.7. The van der Waals surface area contributed by atoms with Crippen LogP contribution in [0.4, 0.5) is 5.82 Å². The zero-order chi connectivity index (χ0) is 24.4. The van der Waals surface area contributed by atoms with Crippen LogP contribution >= 0.6 is 11.3 Å². The van der Waals surface area contributed by atoms with Crippen molar-refractivity contribution < 1.29 is 17.7 Å². The number of aliphatic hydroxyl groups is 1. The molecule has 2 unspecified atom stereocenters. The van der Waals surface area contributed by atoms with Crippen molar-refractivity contribution in [3.63, 3.8) is 0 Å². The molecular formula is C24H29N5O4S2. The maximum Gasteiger partial charge on any atom is 0.333 e. The molecule has 2 aliphatic rings. The molecule has 1 aromatic carbocycles. The standard InChI is InChI=1S/C24H29N5O4S2/c25-35(31,32)33-12-15-5-6-18(9-15)29-24-20(11-26-14-28-24)23(30)21-10-17(13-34-21)22-19-4-2-1-3-16(19)7-8-27-22/h1-4,10-11,13-15,18,22-23,27,30H,5-9,12H2,(H2,25,31,32)(H,26,28,29)/t15-,18+,22?,23?/m1/s1. The van der Waals surface area contributed by atoms with Gasteiger partial charge in [-0.2, -0.15) is 8.42 Å². The van der Waals surface area contributed by atoms with Crippen molar-refractivity contribution in [2.24, 2.45) is 11.1 Å². The smallest absolute Gasteiger partial charge is 0.333 e.